The number of rotatable bonds is 6. The van der Waals surface area contributed by atoms with Gasteiger partial charge in [-0.2, -0.15) is 0 Å². The van der Waals surface area contributed by atoms with Gasteiger partial charge < -0.3 is 10.1 Å². The molecule has 0 fully saturated rings. The van der Waals surface area contributed by atoms with E-state index in [2.05, 4.69) is 32.2 Å². The van der Waals surface area contributed by atoms with Gasteiger partial charge in [0, 0.05) is 5.41 Å². The maximum atomic E-state index is 13.2. The van der Waals surface area contributed by atoms with Crippen LogP contribution in [0.5, 0.6) is 0 Å². The predicted molar refractivity (Wildman–Crippen MR) is 84.8 cm³/mol. The van der Waals surface area contributed by atoms with Gasteiger partial charge in [0.15, 0.2) is 0 Å². The van der Waals surface area contributed by atoms with Crippen LogP contribution in [-0.4, -0.2) is 19.2 Å². The Bertz CT molecular complexity index is 478. The third-order valence-electron chi connectivity index (χ3n) is 4.16. The smallest absolute Gasteiger partial charge is 0.123 e. The fourth-order valence-corrected chi connectivity index (χ4v) is 2.82. The van der Waals surface area contributed by atoms with Crippen LogP contribution >= 0.6 is 0 Å². The number of benzene rings is 1. The van der Waals surface area contributed by atoms with Gasteiger partial charge in [0.1, 0.15) is 11.6 Å². The van der Waals surface area contributed by atoms with Crippen LogP contribution in [0.25, 0.3) is 0 Å². The molecular formula is C18H26FNO. The fraction of sp³-hybridized carbons (Fsp3) is 0.556. The van der Waals surface area contributed by atoms with Gasteiger partial charge in [0.05, 0.1) is 12.6 Å². The lowest BCUT2D eigenvalue weighted by molar-refractivity contribution is 0.147. The number of hydrogen-bond acceptors (Lipinski definition) is 2. The summed E-state index contributed by atoms with van der Waals surface area (Å²) >= 11 is 0. The minimum Gasteiger partial charge on any atom is -0.497 e. The Balaban J connectivity index is 2.28. The van der Waals surface area contributed by atoms with Gasteiger partial charge in [-0.3, -0.25) is 0 Å². The standard InChI is InChI=1S/C18H26FNO/c1-4-12-20-17(16-7-5-6-13-21-16)18(2,3)14-8-10-15(19)11-9-14/h7-11,17,20H,4-6,12-13H2,1-3H3. The summed E-state index contributed by atoms with van der Waals surface area (Å²) in [6, 6.07) is 6.93. The first-order chi connectivity index (χ1) is 10.1. The molecule has 2 rings (SSSR count). The molecule has 0 saturated heterocycles. The molecule has 0 radical (unpaired) electrons. The Morgan fingerprint density at radius 1 is 1.29 bits per heavy atom. The Morgan fingerprint density at radius 2 is 2.00 bits per heavy atom. The summed E-state index contributed by atoms with van der Waals surface area (Å²) in [7, 11) is 0. The van der Waals surface area contributed by atoms with Crippen molar-refractivity contribution in [2.45, 2.75) is 51.5 Å². The van der Waals surface area contributed by atoms with Crippen molar-refractivity contribution in [1.82, 2.24) is 5.32 Å². The van der Waals surface area contributed by atoms with Crippen LogP contribution in [0.2, 0.25) is 0 Å². The van der Waals surface area contributed by atoms with E-state index in [9.17, 15) is 4.39 Å². The van der Waals surface area contributed by atoms with Crippen LogP contribution in [0.3, 0.4) is 0 Å². The van der Waals surface area contributed by atoms with Crippen molar-refractivity contribution in [3.05, 3.63) is 47.5 Å². The lowest BCUT2D eigenvalue weighted by Gasteiger charge is -2.38. The summed E-state index contributed by atoms with van der Waals surface area (Å²) in [5, 5.41) is 3.61. The molecule has 1 unspecified atom stereocenters. The van der Waals surface area contributed by atoms with Crippen molar-refractivity contribution < 1.29 is 9.13 Å². The lowest BCUT2D eigenvalue weighted by Crippen LogP contribution is -2.47. The minimum atomic E-state index is -0.194. The molecule has 3 heteroatoms. The summed E-state index contributed by atoms with van der Waals surface area (Å²) in [5.41, 5.74) is 0.957. The maximum Gasteiger partial charge on any atom is 0.123 e. The molecule has 0 amide bonds. The average molecular weight is 291 g/mol. The van der Waals surface area contributed by atoms with Crippen molar-refractivity contribution in [2.75, 3.05) is 13.2 Å². The zero-order valence-electron chi connectivity index (χ0n) is 13.3. The molecule has 1 aliphatic heterocycles. The van der Waals surface area contributed by atoms with Gasteiger partial charge in [-0.1, -0.05) is 32.9 Å². The average Bonchev–Trinajstić information content (AvgIpc) is 2.49. The van der Waals surface area contributed by atoms with Crippen LogP contribution in [0, 0.1) is 5.82 Å². The normalized spacial score (nSPS) is 17.0. The summed E-state index contributed by atoms with van der Waals surface area (Å²) < 4.78 is 19.1. The van der Waals surface area contributed by atoms with Gasteiger partial charge in [-0.25, -0.2) is 4.39 Å². The van der Waals surface area contributed by atoms with E-state index in [0.717, 1.165) is 43.7 Å². The van der Waals surface area contributed by atoms with Gasteiger partial charge in [-0.15, -0.1) is 0 Å². The van der Waals surface area contributed by atoms with Crippen LogP contribution < -0.4 is 5.32 Å². The molecule has 1 atom stereocenters. The monoisotopic (exact) mass is 291 g/mol. The summed E-state index contributed by atoms with van der Waals surface area (Å²) in [6.45, 7) is 8.26. The van der Waals surface area contributed by atoms with E-state index in [1.54, 1.807) is 0 Å². The quantitative estimate of drug-likeness (QED) is 0.849. The van der Waals surface area contributed by atoms with Crippen LogP contribution in [0.1, 0.15) is 45.6 Å². The highest BCUT2D eigenvalue weighted by Gasteiger charge is 2.35. The molecule has 0 spiro atoms. The minimum absolute atomic E-state index is 0.114. The fourth-order valence-electron chi connectivity index (χ4n) is 2.82. The highest BCUT2D eigenvalue weighted by molar-refractivity contribution is 5.30. The molecule has 0 aromatic heterocycles. The molecule has 0 bridgehead atoms. The SMILES string of the molecule is CCCNC(C1=CCCCO1)C(C)(C)c1ccc(F)cc1. The Morgan fingerprint density at radius 3 is 2.57 bits per heavy atom. The molecule has 1 aliphatic rings. The number of ether oxygens (including phenoxy) is 1. The molecular weight excluding hydrogens is 265 g/mol. The van der Waals surface area contributed by atoms with Gasteiger partial charge in [0.2, 0.25) is 0 Å². The first-order valence-electron chi connectivity index (χ1n) is 7.88. The van der Waals surface area contributed by atoms with Crippen LogP contribution in [0.15, 0.2) is 36.1 Å². The first-order valence-corrected chi connectivity index (χ1v) is 7.88. The highest BCUT2D eigenvalue weighted by Crippen LogP contribution is 2.33. The lowest BCUT2D eigenvalue weighted by atomic mass is 9.76. The van der Waals surface area contributed by atoms with Crippen LogP contribution in [-0.2, 0) is 10.2 Å². The molecule has 2 nitrogen and oxygen atoms in total. The van der Waals surface area contributed by atoms with E-state index < -0.39 is 0 Å². The zero-order valence-corrected chi connectivity index (χ0v) is 13.3. The Kier molecular flexibility index (Phi) is 5.40. The van der Waals surface area contributed by atoms with Crippen molar-refractivity contribution in [3.8, 4) is 0 Å². The third kappa shape index (κ3) is 3.85. The predicted octanol–water partition coefficient (Wildman–Crippen LogP) is 4.17. The van der Waals surface area contributed by atoms with E-state index in [1.165, 1.54) is 12.1 Å². The highest BCUT2D eigenvalue weighted by atomic mass is 19.1. The van der Waals surface area contributed by atoms with E-state index in [1.807, 2.05) is 12.1 Å². The summed E-state index contributed by atoms with van der Waals surface area (Å²) in [5.74, 6) is 0.838. The van der Waals surface area contributed by atoms with Gasteiger partial charge >= 0.3 is 0 Å². The molecule has 1 aromatic rings. The number of allylic oxidation sites excluding steroid dienone is 1. The number of hydrogen-bond donors (Lipinski definition) is 1. The van der Waals surface area contributed by atoms with Crippen LogP contribution in [0.4, 0.5) is 4.39 Å². The number of nitrogens with one attached hydrogen (secondary N) is 1. The molecule has 0 saturated carbocycles. The molecule has 1 heterocycles. The Labute approximate surface area is 127 Å². The van der Waals surface area contributed by atoms with Gasteiger partial charge in [0.25, 0.3) is 0 Å². The molecule has 1 aromatic carbocycles. The second-order valence-electron chi connectivity index (χ2n) is 6.21. The number of halogens is 1. The topological polar surface area (TPSA) is 21.3 Å². The summed E-state index contributed by atoms with van der Waals surface area (Å²) in [4.78, 5) is 0. The summed E-state index contributed by atoms with van der Waals surface area (Å²) in [6.07, 6.45) is 5.42. The van der Waals surface area contributed by atoms with Crippen molar-refractivity contribution >= 4 is 0 Å². The van der Waals surface area contributed by atoms with Crippen molar-refractivity contribution in [1.29, 1.82) is 0 Å². The second kappa shape index (κ2) is 7.08. The largest absolute Gasteiger partial charge is 0.497 e. The van der Waals surface area contributed by atoms with E-state index in [0.29, 0.717) is 0 Å². The first kappa shape index (κ1) is 16.0. The third-order valence-corrected chi connectivity index (χ3v) is 4.16. The van der Waals surface area contributed by atoms with Crippen molar-refractivity contribution in [2.24, 2.45) is 0 Å². The van der Waals surface area contributed by atoms with E-state index in [4.69, 9.17) is 4.74 Å². The second-order valence-corrected chi connectivity index (χ2v) is 6.21. The van der Waals surface area contributed by atoms with E-state index >= 15 is 0 Å². The molecule has 1 N–H and O–H groups in total. The van der Waals surface area contributed by atoms with Crippen molar-refractivity contribution in [3.63, 3.8) is 0 Å². The Hall–Kier alpha value is -1.35. The molecule has 116 valence electrons. The maximum absolute atomic E-state index is 13.2. The zero-order chi connectivity index (χ0) is 15.3. The molecule has 21 heavy (non-hydrogen) atoms. The van der Waals surface area contributed by atoms with E-state index in [-0.39, 0.29) is 17.3 Å². The molecule has 0 aliphatic carbocycles. The van der Waals surface area contributed by atoms with Gasteiger partial charge in [-0.05, 0) is 49.6 Å².